The number of sulfonamides is 1. The zero-order chi connectivity index (χ0) is 19.6. The van der Waals surface area contributed by atoms with Gasteiger partial charge in [0.15, 0.2) is 0 Å². The van der Waals surface area contributed by atoms with E-state index in [1.807, 2.05) is 33.8 Å². The third-order valence-electron chi connectivity index (χ3n) is 4.58. The van der Waals surface area contributed by atoms with Gasteiger partial charge in [-0.15, -0.1) is 0 Å². The van der Waals surface area contributed by atoms with Crippen molar-refractivity contribution in [1.82, 2.24) is 4.72 Å². The molecule has 0 fully saturated rings. The zero-order valence-electron chi connectivity index (χ0n) is 16.0. The lowest BCUT2D eigenvalue weighted by Crippen LogP contribution is -2.28. The van der Waals surface area contributed by atoms with Crippen molar-refractivity contribution >= 4 is 16.0 Å². The van der Waals surface area contributed by atoms with E-state index < -0.39 is 22.0 Å². The maximum Gasteiger partial charge on any atom is 0.337 e. The normalized spacial score (nSPS) is 12.7. The van der Waals surface area contributed by atoms with E-state index in [2.05, 4.69) is 15.5 Å². The molecule has 1 atom stereocenters. The molecule has 140 valence electrons. The molecule has 0 amide bonds. The lowest BCUT2D eigenvalue weighted by Gasteiger charge is -2.19. The van der Waals surface area contributed by atoms with Crippen LogP contribution in [0.25, 0.3) is 0 Å². The molecule has 0 unspecified atom stereocenters. The molecule has 0 heterocycles. The minimum Gasteiger partial charge on any atom is -0.465 e. The van der Waals surface area contributed by atoms with Crippen LogP contribution in [0.3, 0.4) is 0 Å². The maximum atomic E-state index is 12.9. The predicted molar refractivity (Wildman–Crippen MR) is 102 cm³/mol. The molecule has 5 nitrogen and oxygen atoms in total. The minimum absolute atomic E-state index is 0.0775. The van der Waals surface area contributed by atoms with Crippen LogP contribution in [-0.4, -0.2) is 21.5 Å². The summed E-state index contributed by atoms with van der Waals surface area (Å²) in [5, 5.41) is 0. The first-order chi connectivity index (χ1) is 12.1. The Bertz CT molecular complexity index is 949. The number of methoxy groups -OCH3 is 1. The summed E-state index contributed by atoms with van der Waals surface area (Å²) in [7, 11) is -2.54. The minimum atomic E-state index is -3.80. The first kappa shape index (κ1) is 20.1. The molecule has 26 heavy (non-hydrogen) atoms. The highest BCUT2D eigenvalue weighted by Gasteiger charge is 2.23. The lowest BCUT2D eigenvalue weighted by atomic mass is 9.97. The van der Waals surface area contributed by atoms with Crippen LogP contribution in [-0.2, 0) is 14.8 Å². The predicted octanol–water partition coefficient (Wildman–Crippen LogP) is 3.75. The van der Waals surface area contributed by atoms with Gasteiger partial charge in [0.05, 0.1) is 17.6 Å². The van der Waals surface area contributed by atoms with Gasteiger partial charge in [-0.05, 0) is 74.6 Å². The van der Waals surface area contributed by atoms with Crippen molar-refractivity contribution < 1.29 is 17.9 Å². The van der Waals surface area contributed by atoms with E-state index >= 15 is 0 Å². The van der Waals surface area contributed by atoms with Crippen molar-refractivity contribution in [1.29, 1.82) is 0 Å². The average Bonchev–Trinajstić information content (AvgIpc) is 2.57. The van der Waals surface area contributed by atoms with E-state index in [0.29, 0.717) is 5.56 Å². The second-order valence-electron chi connectivity index (χ2n) is 6.61. The fraction of sp³-hybridized carbons (Fsp3) is 0.350. The van der Waals surface area contributed by atoms with Crippen LogP contribution in [0.2, 0.25) is 0 Å². The van der Waals surface area contributed by atoms with Crippen molar-refractivity contribution in [2.24, 2.45) is 0 Å². The van der Waals surface area contributed by atoms with Gasteiger partial charge in [-0.3, -0.25) is 0 Å². The van der Waals surface area contributed by atoms with Crippen LogP contribution in [0.5, 0.6) is 0 Å². The van der Waals surface area contributed by atoms with Crippen LogP contribution in [0, 0.1) is 27.7 Å². The van der Waals surface area contributed by atoms with Gasteiger partial charge in [0, 0.05) is 6.04 Å². The first-order valence-electron chi connectivity index (χ1n) is 8.36. The monoisotopic (exact) mass is 375 g/mol. The Kier molecular flexibility index (Phi) is 5.88. The molecule has 2 aromatic rings. The molecule has 0 radical (unpaired) electrons. The summed E-state index contributed by atoms with van der Waals surface area (Å²) < 4.78 is 33.2. The molecule has 2 rings (SSSR count). The van der Waals surface area contributed by atoms with Gasteiger partial charge in [0.2, 0.25) is 10.0 Å². The maximum absolute atomic E-state index is 12.9. The molecule has 0 saturated carbocycles. The van der Waals surface area contributed by atoms with E-state index in [9.17, 15) is 13.2 Å². The van der Waals surface area contributed by atoms with Gasteiger partial charge < -0.3 is 4.74 Å². The van der Waals surface area contributed by atoms with Crippen LogP contribution < -0.4 is 4.72 Å². The molecule has 1 N–H and O–H groups in total. The summed E-state index contributed by atoms with van der Waals surface area (Å²) >= 11 is 0. The fourth-order valence-corrected chi connectivity index (χ4v) is 4.44. The number of benzene rings is 2. The van der Waals surface area contributed by atoms with Gasteiger partial charge in [-0.2, -0.15) is 0 Å². The summed E-state index contributed by atoms with van der Waals surface area (Å²) in [5.41, 5.74) is 5.01. The topological polar surface area (TPSA) is 72.5 Å². The highest BCUT2D eigenvalue weighted by Crippen LogP contribution is 2.25. The Morgan fingerprint density at radius 1 is 0.962 bits per heavy atom. The number of ether oxygens (including phenoxy) is 1. The number of hydrogen-bond donors (Lipinski definition) is 1. The molecule has 0 spiro atoms. The smallest absolute Gasteiger partial charge is 0.337 e. The second-order valence-corrected chi connectivity index (χ2v) is 8.29. The summed E-state index contributed by atoms with van der Waals surface area (Å²) in [4.78, 5) is 11.8. The van der Waals surface area contributed by atoms with Gasteiger partial charge in [0.25, 0.3) is 0 Å². The van der Waals surface area contributed by atoms with E-state index in [1.54, 1.807) is 19.1 Å². The number of carbonyl (C=O) groups excluding carboxylic acids is 1. The van der Waals surface area contributed by atoms with Crippen LogP contribution >= 0.6 is 0 Å². The van der Waals surface area contributed by atoms with Crippen LogP contribution in [0.1, 0.15) is 51.1 Å². The number of esters is 1. The average molecular weight is 375 g/mol. The fourth-order valence-electron chi connectivity index (χ4n) is 2.94. The van der Waals surface area contributed by atoms with Crippen LogP contribution in [0.15, 0.2) is 35.2 Å². The standard InChI is InChI=1S/C20H25NO4S/c1-12-7-8-17(20(22)25-6)11-19(12)26(23,24)21-16(5)18-10-14(3)13(2)9-15(18)4/h7-11,16,21H,1-6H3/t16-/m0/s1. The van der Waals surface area contributed by atoms with Gasteiger partial charge in [-0.25, -0.2) is 17.9 Å². The van der Waals surface area contributed by atoms with Crippen LogP contribution in [0.4, 0.5) is 0 Å². The molecule has 2 aromatic carbocycles. The number of rotatable bonds is 5. The Labute approximate surface area is 155 Å². The highest BCUT2D eigenvalue weighted by molar-refractivity contribution is 7.89. The molecule has 0 aliphatic heterocycles. The molecule has 6 heteroatoms. The third-order valence-corrected chi connectivity index (χ3v) is 6.26. The quantitative estimate of drug-likeness (QED) is 0.808. The van der Waals surface area contributed by atoms with Crippen molar-refractivity contribution in [3.8, 4) is 0 Å². The first-order valence-corrected chi connectivity index (χ1v) is 9.84. The Morgan fingerprint density at radius 3 is 2.19 bits per heavy atom. The number of carbonyl (C=O) groups is 1. The van der Waals surface area contributed by atoms with E-state index in [4.69, 9.17) is 0 Å². The number of aryl methyl sites for hydroxylation is 4. The second kappa shape index (κ2) is 7.60. The van der Waals surface area contributed by atoms with E-state index in [1.165, 1.54) is 18.7 Å². The summed E-state index contributed by atoms with van der Waals surface area (Å²) in [6, 6.07) is 8.17. The molecule has 0 aliphatic rings. The zero-order valence-corrected chi connectivity index (χ0v) is 16.8. The van der Waals surface area contributed by atoms with Gasteiger partial charge in [0.1, 0.15) is 0 Å². The van der Waals surface area contributed by atoms with Crippen molar-refractivity contribution in [3.63, 3.8) is 0 Å². The van der Waals surface area contributed by atoms with Crippen molar-refractivity contribution in [2.45, 2.75) is 45.6 Å². The van der Waals surface area contributed by atoms with Crippen molar-refractivity contribution in [3.05, 3.63) is 63.7 Å². The number of hydrogen-bond acceptors (Lipinski definition) is 4. The third kappa shape index (κ3) is 4.14. The highest BCUT2D eigenvalue weighted by atomic mass is 32.2. The SMILES string of the molecule is COC(=O)c1ccc(C)c(S(=O)(=O)N[C@@H](C)c2cc(C)c(C)cc2C)c1. The molecule has 0 saturated heterocycles. The van der Waals surface area contributed by atoms with Gasteiger partial charge >= 0.3 is 5.97 Å². The Balaban J connectivity index is 2.40. The lowest BCUT2D eigenvalue weighted by molar-refractivity contribution is 0.0600. The molecular weight excluding hydrogens is 350 g/mol. The number of nitrogens with one attached hydrogen (secondary N) is 1. The Hall–Kier alpha value is -2.18. The summed E-state index contributed by atoms with van der Waals surface area (Å²) in [5.74, 6) is -0.570. The Morgan fingerprint density at radius 2 is 1.58 bits per heavy atom. The van der Waals surface area contributed by atoms with Gasteiger partial charge in [-0.1, -0.05) is 18.2 Å². The molecule has 0 aromatic heterocycles. The molecule has 0 bridgehead atoms. The van der Waals surface area contributed by atoms with Crippen molar-refractivity contribution in [2.75, 3.05) is 7.11 Å². The molecule has 0 aliphatic carbocycles. The van der Waals surface area contributed by atoms with E-state index in [0.717, 1.165) is 16.7 Å². The summed E-state index contributed by atoms with van der Waals surface area (Å²) in [6.07, 6.45) is 0. The molecular formula is C20H25NO4S. The summed E-state index contributed by atoms with van der Waals surface area (Å²) in [6.45, 7) is 9.51. The van der Waals surface area contributed by atoms with E-state index in [-0.39, 0.29) is 10.5 Å². The largest absolute Gasteiger partial charge is 0.465 e.